The van der Waals surface area contributed by atoms with Crippen molar-refractivity contribution < 1.29 is 24.2 Å². The van der Waals surface area contributed by atoms with E-state index in [4.69, 9.17) is 9.84 Å². The van der Waals surface area contributed by atoms with E-state index in [0.717, 1.165) is 12.8 Å². The highest BCUT2D eigenvalue weighted by atomic mass is 16.5. The maximum absolute atomic E-state index is 11.8. The summed E-state index contributed by atoms with van der Waals surface area (Å²) in [6, 6.07) is 0. The van der Waals surface area contributed by atoms with Crippen molar-refractivity contribution in [1.82, 2.24) is 0 Å². The molecule has 1 saturated carbocycles. The Hall–Kier alpha value is -1.65. The number of esters is 1. The van der Waals surface area contributed by atoms with Gasteiger partial charge in [-0.15, -0.1) is 0 Å². The molecule has 19 heavy (non-hydrogen) atoms. The van der Waals surface area contributed by atoms with Crippen molar-refractivity contribution in [2.24, 2.45) is 11.8 Å². The Kier molecular flexibility index (Phi) is 5.73. The molecule has 0 aromatic carbocycles. The molecular formula is C14H20O5. The van der Waals surface area contributed by atoms with Crippen LogP contribution in [0.15, 0.2) is 12.2 Å². The Bertz CT molecular complexity index is 385. The molecule has 1 rings (SSSR count). The number of aliphatic carboxylic acids is 1. The van der Waals surface area contributed by atoms with Crippen LogP contribution in [0.5, 0.6) is 0 Å². The fourth-order valence-corrected chi connectivity index (χ4v) is 2.27. The van der Waals surface area contributed by atoms with Gasteiger partial charge in [-0.1, -0.05) is 19.4 Å². The van der Waals surface area contributed by atoms with E-state index in [0.29, 0.717) is 18.4 Å². The number of Topliss-reactive ketones (excluding diaryl/α,β-unsaturated/α-hetero) is 1. The summed E-state index contributed by atoms with van der Waals surface area (Å²) in [5.41, 5.74) is 0.428. The molecule has 0 aliphatic heterocycles. The summed E-state index contributed by atoms with van der Waals surface area (Å²) in [5, 5.41) is 9.07. The van der Waals surface area contributed by atoms with Gasteiger partial charge in [0.1, 0.15) is 0 Å². The molecule has 2 unspecified atom stereocenters. The second-order valence-corrected chi connectivity index (χ2v) is 4.96. The summed E-state index contributed by atoms with van der Waals surface area (Å²) >= 11 is 0. The van der Waals surface area contributed by atoms with Crippen LogP contribution in [-0.4, -0.2) is 29.4 Å². The minimum atomic E-state index is -0.945. The van der Waals surface area contributed by atoms with Crippen molar-refractivity contribution in [2.45, 2.75) is 39.0 Å². The van der Waals surface area contributed by atoms with Gasteiger partial charge in [-0.25, -0.2) is 0 Å². The first-order chi connectivity index (χ1) is 8.93. The molecule has 1 aliphatic rings. The molecule has 106 valence electrons. The Morgan fingerprint density at radius 2 is 1.79 bits per heavy atom. The summed E-state index contributed by atoms with van der Waals surface area (Å²) in [6.45, 7) is 5.11. The number of ether oxygens (including phenoxy) is 1. The fraction of sp³-hybridized carbons (Fsp3) is 0.643. The van der Waals surface area contributed by atoms with Crippen molar-refractivity contribution in [2.75, 3.05) is 6.61 Å². The predicted molar refractivity (Wildman–Crippen MR) is 68.5 cm³/mol. The minimum Gasteiger partial charge on any atom is -0.481 e. The van der Waals surface area contributed by atoms with Gasteiger partial charge in [-0.05, 0) is 25.3 Å². The van der Waals surface area contributed by atoms with Crippen LogP contribution in [0.1, 0.15) is 39.0 Å². The highest BCUT2D eigenvalue weighted by Crippen LogP contribution is 2.31. The third-order valence-electron chi connectivity index (χ3n) is 3.44. The average Bonchev–Trinajstić information content (AvgIpc) is 2.38. The van der Waals surface area contributed by atoms with Crippen LogP contribution >= 0.6 is 0 Å². The lowest BCUT2D eigenvalue weighted by Crippen LogP contribution is -2.34. The molecule has 1 aliphatic carbocycles. The molecule has 0 amide bonds. The monoisotopic (exact) mass is 268 g/mol. The molecule has 0 aromatic heterocycles. The number of carbonyl (C=O) groups is 3. The Balaban J connectivity index is 2.45. The number of carbonyl (C=O) groups excluding carboxylic acids is 2. The summed E-state index contributed by atoms with van der Waals surface area (Å²) in [7, 11) is 0. The van der Waals surface area contributed by atoms with E-state index < -0.39 is 23.8 Å². The Morgan fingerprint density at radius 3 is 2.32 bits per heavy atom. The molecule has 2 atom stereocenters. The van der Waals surface area contributed by atoms with Crippen LogP contribution in [0.25, 0.3) is 0 Å². The van der Waals surface area contributed by atoms with Crippen LogP contribution in [0, 0.1) is 11.8 Å². The topological polar surface area (TPSA) is 80.7 Å². The SMILES string of the molecule is C=C(C)C(=O)CCOC(=O)C1CCCCC1C(=O)O. The molecular weight excluding hydrogens is 248 g/mol. The van der Waals surface area contributed by atoms with E-state index in [9.17, 15) is 14.4 Å². The normalized spacial score (nSPS) is 22.6. The minimum absolute atomic E-state index is 0.00658. The summed E-state index contributed by atoms with van der Waals surface area (Å²) in [6.07, 6.45) is 2.83. The van der Waals surface area contributed by atoms with Gasteiger partial charge in [0.05, 0.1) is 18.4 Å². The molecule has 1 N–H and O–H groups in total. The van der Waals surface area contributed by atoms with Gasteiger partial charge < -0.3 is 9.84 Å². The second-order valence-electron chi connectivity index (χ2n) is 4.96. The molecule has 0 radical (unpaired) electrons. The number of allylic oxidation sites excluding steroid dienone is 1. The third-order valence-corrected chi connectivity index (χ3v) is 3.44. The van der Waals surface area contributed by atoms with E-state index in [-0.39, 0.29) is 18.8 Å². The van der Waals surface area contributed by atoms with Crippen LogP contribution in [0.4, 0.5) is 0 Å². The first kappa shape index (κ1) is 15.4. The quantitative estimate of drug-likeness (QED) is 0.588. The van der Waals surface area contributed by atoms with Crippen molar-refractivity contribution in [1.29, 1.82) is 0 Å². The van der Waals surface area contributed by atoms with Crippen molar-refractivity contribution in [3.63, 3.8) is 0 Å². The zero-order valence-corrected chi connectivity index (χ0v) is 11.2. The van der Waals surface area contributed by atoms with Crippen molar-refractivity contribution in [3.8, 4) is 0 Å². The second kappa shape index (κ2) is 7.07. The molecule has 5 nitrogen and oxygen atoms in total. The lowest BCUT2D eigenvalue weighted by molar-refractivity contribution is -0.159. The van der Waals surface area contributed by atoms with E-state index in [2.05, 4.69) is 6.58 Å². The predicted octanol–water partition coefficient (Wildman–Crippen LogP) is 1.96. The van der Waals surface area contributed by atoms with Gasteiger partial charge >= 0.3 is 11.9 Å². The number of carboxylic acid groups (broad SMARTS) is 1. The van der Waals surface area contributed by atoms with Crippen molar-refractivity contribution in [3.05, 3.63) is 12.2 Å². The lowest BCUT2D eigenvalue weighted by atomic mass is 9.79. The van der Waals surface area contributed by atoms with Gasteiger partial charge in [0.25, 0.3) is 0 Å². The molecule has 0 spiro atoms. The van der Waals surface area contributed by atoms with Gasteiger partial charge in [0.2, 0.25) is 0 Å². The van der Waals surface area contributed by atoms with Gasteiger partial charge in [0, 0.05) is 6.42 Å². The Labute approximate surface area is 112 Å². The van der Waals surface area contributed by atoms with E-state index in [1.54, 1.807) is 6.92 Å². The number of ketones is 1. The standard InChI is InChI=1S/C14H20O5/c1-9(2)12(15)7-8-19-14(18)11-6-4-3-5-10(11)13(16)17/h10-11H,1,3-8H2,2H3,(H,16,17). The van der Waals surface area contributed by atoms with E-state index in [1.165, 1.54) is 0 Å². The summed E-state index contributed by atoms with van der Waals surface area (Å²) < 4.78 is 5.02. The molecule has 0 aromatic rings. The largest absolute Gasteiger partial charge is 0.481 e. The summed E-state index contributed by atoms with van der Waals surface area (Å²) in [5.74, 6) is -2.82. The molecule has 1 fully saturated rings. The number of hydrogen-bond donors (Lipinski definition) is 1. The lowest BCUT2D eigenvalue weighted by Gasteiger charge is -2.26. The number of hydrogen-bond acceptors (Lipinski definition) is 4. The first-order valence-corrected chi connectivity index (χ1v) is 6.51. The highest BCUT2D eigenvalue weighted by Gasteiger charge is 2.36. The molecule has 5 heteroatoms. The molecule has 0 heterocycles. The number of carboxylic acids is 1. The first-order valence-electron chi connectivity index (χ1n) is 6.51. The van der Waals surface area contributed by atoms with Crippen LogP contribution in [0.3, 0.4) is 0 Å². The smallest absolute Gasteiger partial charge is 0.309 e. The van der Waals surface area contributed by atoms with Crippen LogP contribution in [0.2, 0.25) is 0 Å². The Morgan fingerprint density at radius 1 is 1.21 bits per heavy atom. The van der Waals surface area contributed by atoms with E-state index >= 15 is 0 Å². The average molecular weight is 268 g/mol. The van der Waals surface area contributed by atoms with Gasteiger partial charge in [0.15, 0.2) is 5.78 Å². The zero-order valence-electron chi connectivity index (χ0n) is 11.2. The van der Waals surface area contributed by atoms with E-state index in [1.807, 2.05) is 0 Å². The van der Waals surface area contributed by atoms with Gasteiger partial charge in [-0.3, -0.25) is 14.4 Å². The maximum atomic E-state index is 11.8. The maximum Gasteiger partial charge on any atom is 0.309 e. The summed E-state index contributed by atoms with van der Waals surface area (Å²) in [4.78, 5) is 34.2. The highest BCUT2D eigenvalue weighted by molar-refractivity contribution is 5.94. The fourth-order valence-electron chi connectivity index (χ4n) is 2.27. The van der Waals surface area contributed by atoms with Gasteiger partial charge in [-0.2, -0.15) is 0 Å². The molecule has 0 bridgehead atoms. The number of rotatable bonds is 6. The third kappa shape index (κ3) is 4.50. The van der Waals surface area contributed by atoms with Crippen LogP contribution in [-0.2, 0) is 19.1 Å². The van der Waals surface area contributed by atoms with Crippen molar-refractivity contribution >= 4 is 17.7 Å². The zero-order chi connectivity index (χ0) is 14.4. The van der Waals surface area contributed by atoms with Crippen LogP contribution < -0.4 is 0 Å². The molecule has 0 saturated heterocycles.